The Morgan fingerprint density at radius 3 is 2.81 bits per heavy atom. The monoisotopic (exact) mass is 238 g/mol. The first-order valence-electron chi connectivity index (χ1n) is 6.02. The van der Waals surface area contributed by atoms with Crippen molar-refractivity contribution in [2.45, 2.75) is 38.5 Å². The van der Waals surface area contributed by atoms with Crippen LogP contribution in [0.15, 0.2) is 24.5 Å². The van der Waals surface area contributed by atoms with Gasteiger partial charge in [0.05, 0.1) is 0 Å². The largest absolute Gasteiger partial charge is 0.309 e. The van der Waals surface area contributed by atoms with Crippen LogP contribution >= 0.6 is 11.8 Å². The number of thioether (sulfide) groups is 1. The summed E-state index contributed by atoms with van der Waals surface area (Å²) in [5.41, 5.74) is 1.29. The third-order valence-electron chi connectivity index (χ3n) is 2.66. The minimum absolute atomic E-state index is 0.428. The van der Waals surface area contributed by atoms with Gasteiger partial charge in [0.25, 0.3) is 0 Å². The van der Waals surface area contributed by atoms with Crippen molar-refractivity contribution in [3.8, 4) is 0 Å². The second-order valence-electron chi connectivity index (χ2n) is 3.95. The van der Waals surface area contributed by atoms with Gasteiger partial charge >= 0.3 is 0 Å². The van der Waals surface area contributed by atoms with E-state index in [0.29, 0.717) is 6.04 Å². The molecule has 1 aromatic heterocycles. The molecule has 0 radical (unpaired) electrons. The molecule has 1 N–H and O–H groups in total. The van der Waals surface area contributed by atoms with Crippen molar-refractivity contribution in [3.05, 3.63) is 30.1 Å². The maximum Gasteiger partial charge on any atom is 0.0427 e. The first-order chi connectivity index (χ1) is 7.77. The molecule has 1 aromatic rings. The van der Waals surface area contributed by atoms with Crippen LogP contribution in [0.5, 0.6) is 0 Å². The van der Waals surface area contributed by atoms with Gasteiger partial charge in [-0.2, -0.15) is 11.8 Å². The molecular formula is C13H22N2S. The topological polar surface area (TPSA) is 24.9 Å². The molecule has 0 aromatic carbocycles. The SMILES string of the molecule is CCNC(CSC(C)CC)c1cccnc1. The summed E-state index contributed by atoms with van der Waals surface area (Å²) in [6.07, 6.45) is 5.02. The number of hydrogen-bond donors (Lipinski definition) is 1. The van der Waals surface area contributed by atoms with E-state index in [1.54, 1.807) is 0 Å². The molecule has 2 unspecified atom stereocenters. The van der Waals surface area contributed by atoms with E-state index in [1.165, 1.54) is 12.0 Å². The molecule has 16 heavy (non-hydrogen) atoms. The summed E-state index contributed by atoms with van der Waals surface area (Å²) >= 11 is 2.03. The van der Waals surface area contributed by atoms with E-state index in [9.17, 15) is 0 Å². The van der Waals surface area contributed by atoms with Gasteiger partial charge in [-0.05, 0) is 24.6 Å². The van der Waals surface area contributed by atoms with Crippen molar-refractivity contribution < 1.29 is 0 Å². The lowest BCUT2D eigenvalue weighted by atomic mass is 10.1. The van der Waals surface area contributed by atoms with Gasteiger partial charge in [-0.3, -0.25) is 4.98 Å². The van der Waals surface area contributed by atoms with Crippen LogP contribution in [0.4, 0.5) is 0 Å². The van der Waals surface area contributed by atoms with Crippen molar-refractivity contribution >= 4 is 11.8 Å². The third-order valence-corrected chi connectivity index (χ3v) is 4.09. The highest BCUT2D eigenvalue weighted by Crippen LogP contribution is 2.22. The highest BCUT2D eigenvalue weighted by atomic mass is 32.2. The number of nitrogens with one attached hydrogen (secondary N) is 1. The van der Waals surface area contributed by atoms with Gasteiger partial charge in [0.15, 0.2) is 0 Å². The van der Waals surface area contributed by atoms with E-state index >= 15 is 0 Å². The van der Waals surface area contributed by atoms with Gasteiger partial charge in [-0.1, -0.05) is 26.8 Å². The Bertz CT molecular complexity index is 277. The van der Waals surface area contributed by atoms with Crippen molar-refractivity contribution in [3.63, 3.8) is 0 Å². The summed E-state index contributed by atoms with van der Waals surface area (Å²) in [6.45, 7) is 7.68. The van der Waals surface area contributed by atoms with Crippen LogP contribution in [0.3, 0.4) is 0 Å². The molecule has 2 atom stereocenters. The zero-order valence-electron chi connectivity index (χ0n) is 10.4. The Labute approximate surface area is 103 Å². The Hall–Kier alpha value is -0.540. The number of hydrogen-bond acceptors (Lipinski definition) is 3. The van der Waals surface area contributed by atoms with Crippen LogP contribution in [0.25, 0.3) is 0 Å². The van der Waals surface area contributed by atoms with E-state index in [-0.39, 0.29) is 0 Å². The summed E-state index contributed by atoms with van der Waals surface area (Å²) in [5, 5.41) is 4.25. The van der Waals surface area contributed by atoms with E-state index < -0.39 is 0 Å². The molecule has 1 rings (SSSR count). The number of nitrogens with zero attached hydrogens (tertiary/aromatic N) is 1. The number of pyridine rings is 1. The first kappa shape index (κ1) is 13.5. The van der Waals surface area contributed by atoms with Crippen molar-refractivity contribution in [1.82, 2.24) is 10.3 Å². The molecule has 0 saturated carbocycles. The zero-order valence-corrected chi connectivity index (χ0v) is 11.3. The highest BCUT2D eigenvalue weighted by Gasteiger charge is 2.11. The molecule has 0 amide bonds. The summed E-state index contributed by atoms with van der Waals surface area (Å²) in [7, 11) is 0. The van der Waals surface area contributed by atoms with Gasteiger partial charge in [-0.25, -0.2) is 0 Å². The van der Waals surface area contributed by atoms with Crippen LogP contribution in [0.1, 0.15) is 38.8 Å². The molecule has 0 spiro atoms. The van der Waals surface area contributed by atoms with Crippen molar-refractivity contribution in [2.24, 2.45) is 0 Å². The highest BCUT2D eigenvalue weighted by molar-refractivity contribution is 7.99. The molecule has 90 valence electrons. The van der Waals surface area contributed by atoms with E-state index in [0.717, 1.165) is 17.5 Å². The molecule has 0 aliphatic heterocycles. The normalized spacial score (nSPS) is 14.7. The molecule has 0 aliphatic rings. The lowest BCUT2D eigenvalue weighted by Gasteiger charge is -2.19. The summed E-state index contributed by atoms with van der Waals surface area (Å²) in [4.78, 5) is 4.19. The molecule has 0 aliphatic carbocycles. The van der Waals surface area contributed by atoms with Gasteiger partial charge in [0.2, 0.25) is 0 Å². The quantitative estimate of drug-likeness (QED) is 0.789. The average molecular weight is 238 g/mol. The average Bonchev–Trinajstić information content (AvgIpc) is 2.35. The Morgan fingerprint density at radius 1 is 1.44 bits per heavy atom. The fourth-order valence-electron chi connectivity index (χ4n) is 1.48. The zero-order chi connectivity index (χ0) is 11.8. The summed E-state index contributed by atoms with van der Waals surface area (Å²) < 4.78 is 0. The second kappa shape index (κ2) is 7.69. The van der Waals surface area contributed by atoms with Gasteiger partial charge in [0.1, 0.15) is 0 Å². The van der Waals surface area contributed by atoms with Gasteiger partial charge in [-0.15, -0.1) is 0 Å². The fourth-order valence-corrected chi connectivity index (χ4v) is 2.55. The van der Waals surface area contributed by atoms with Crippen LogP contribution in [0, 0.1) is 0 Å². The van der Waals surface area contributed by atoms with Gasteiger partial charge < -0.3 is 5.32 Å². The Morgan fingerprint density at radius 2 is 2.25 bits per heavy atom. The molecule has 0 fully saturated rings. The van der Waals surface area contributed by atoms with E-state index in [2.05, 4.69) is 37.1 Å². The molecule has 0 bridgehead atoms. The molecule has 3 heteroatoms. The lowest BCUT2D eigenvalue weighted by molar-refractivity contribution is 0.603. The molecule has 0 saturated heterocycles. The predicted octanol–water partition coefficient (Wildman–Crippen LogP) is 3.26. The minimum Gasteiger partial charge on any atom is -0.309 e. The third kappa shape index (κ3) is 4.54. The van der Waals surface area contributed by atoms with Crippen LogP contribution in [-0.2, 0) is 0 Å². The summed E-state index contributed by atoms with van der Waals surface area (Å²) in [6, 6.07) is 4.59. The second-order valence-corrected chi connectivity index (χ2v) is 5.42. The Kier molecular flexibility index (Phi) is 6.50. The predicted molar refractivity (Wildman–Crippen MR) is 72.9 cm³/mol. The molecular weight excluding hydrogens is 216 g/mol. The minimum atomic E-state index is 0.428. The smallest absolute Gasteiger partial charge is 0.0427 e. The van der Waals surface area contributed by atoms with E-state index in [1.807, 2.05) is 30.2 Å². The molecule has 1 heterocycles. The standard InChI is InChI=1S/C13H22N2S/c1-4-11(3)16-10-13(15-5-2)12-7-6-8-14-9-12/h6-9,11,13,15H,4-5,10H2,1-3H3. The van der Waals surface area contributed by atoms with Crippen LogP contribution < -0.4 is 5.32 Å². The van der Waals surface area contributed by atoms with Crippen LogP contribution in [0.2, 0.25) is 0 Å². The van der Waals surface area contributed by atoms with Gasteiger partial charge in [0, 0.05) is 29.4 Å². The lowest BCUT2D eigenvalue weighted by Crippen LogP contribution is -2.23. The van der Waals surface area contributed by atoms with Crippen molar-refractivity contribution in [2.75, 3.05) is 12.3 Å². The maximum absolute atomic E-state index is 4.19. The van der Waals surface area contributed by atoms with Crippen molar-refractivity contribution in [1.29, 1.82) is 0 Å². The first-order valence-corrected chi connectivity index (χ1v) is 7.07. The maximum atomic E-state index is 4.19. The van der Waals surface area contributed by atoms with Crippen LogP contribution in [-0.4, -0.2) is 22.5 Å². The van der Waals surface area contributed by atoms with E-state index in [4.69, 9.17) is 0 Å². The Balaban J connectivity index is 2.54. The molecule has 2 nitrogen and oxygen atoms in total. The number of rotatable bonds is 7. The number of aromatic nitrogens is 1. The fraction of sp³-hybridized carbons (Fsp3) is 0.615. The summed E-state index contributed by atoms with van der Waals surface area (Å²) in [5.74, 6) is 1.12.